The average Bonchev–Trinajstić information content (AvgIpc) is 2.94. The number of thioether (sulfide) groups is 1. The van der Waals surface area contributed by atoms with Crippen LogP contribution >= 0.6 is 46.3 Å². The van der Waals surface area contributed by atoms with Crippen molar-refractivity contribution < 1.29 is 4.79 Å². The molecule has 7 heteroatoms. The van der Waals surface area contributed by atoms with E-state index in [0.29, 0.717) is 26.3 Å². The van der Waals surface area contributed by atoms with Gasteiger partial charge in [0, 0.05) is 10.5 Å². The number of amides is 1. The lowest BCUT2D eigenvalue weighted by Gasteiger charge is -2.02. The maximum atomic E-state index is 12.2. The lowest BCUT2D eigenvalue weighted by Crippen LogP contribution is -2.11. The fourth-order valence-corrected chi connectivity index (χ4v) is 3.60. The first-order chi connectivity index (χ1) is 10.6. The number of nitrogens with zero attached hydrogens (tertiary/aromatic N) is 1. The smallest absolute Gasteiger partial charge is 0.257 e. The highest BCUT2D eigenvalue weighted by molar-refractivity contribution is 7.98. The molecule has 3 nitrogen and oxygen atoms in total. The van der Waals surface area contributed by atoms with E-state index in [9.17, 15) is 4.79 Å². The average molecular weight is 369 g/mol. The van der Waals surface area contributed by atoms with Crippen molar-refractivity contribution in [2.24, 2.45) is 0 Å². The third-order valence-electron chi connectivity index (χ3n) is 3.02. The Hall–Kier alpha value is -1.27. The van der Waals surface area contributed by atoms with Crippen LogP contribution in [0.1, 0.15) is 10.4 Å². The van der Waals surface area contributed by atoms with Crippen molar-refractivity contribution in [3.63, 3.8) is 0 Å². The number of aromatic nitrogens is 1. The van der Waals surface area contributed by atoms with Gasteiger partial charge in [-0.05, 0) is 42.7 Å². The summed E-state index contributed by atoms with van der Waals surface area (Å²) in [5, 5.41) is 4.14. The van der Waals surface area contributed by atoms with Crippen molar-refractivity contribution >= 4 is 67.6 Å². The van der Waals surface area contributed by atoms with Crippen LogP contribution in [0.2, 0.25) is 10.0 Å². The predicted octanol–water partition coefficient (Wildman–Crippen LogP) is 5.58. The zero-order valence-corrected chi connectivity index (χ0v) is 14.5. The van der Waals surface area contributed by atoms with E-state index in [1.54, 1.807) is 30.0 Å². The van der Waals surface area contributed by atoms with Crippen molar-refractivity contribution in [2.45, 2.75) is 4.90 Å². The molecule has 0 fully saturated rings. The summed E-state index contributed by atoms with van der Waals surface area (Å²) < 4.78 is 0.877. The lowest BCUT2D eigenvalue weighted by atomic mass is 10.2. The quantitative estimate of drug-likeness (QED) is 0.613. The molecule has 1 heterocycles. The lowest BCUT2D eigenvalue weighted by molar-refractivity contribution is 0.102. The number of carbonyl (C=O) groups is 1. The summed E-state index contributed by atoms with van der Waals surface area (Å²) in [4.78, 5) is 17.7. The first-order valence-electron chi connectivity index (χ1n) is 6.28. The SMILES string of the molecule is CSc1ccc(C(=O)Nc2nc3c(Cl)c(Cl)ccc3s2)cc1. The highest BCUT2D eigenvalue weighted by atomic mass is 35.5. The second-order valence-electron chi connectivity index (χ2n) is 4.41. The first-order valence-corrected chi connectivity index (χ1v) is 9.08. The molecule has 22 heavy (non-hydrogen) atoms. The van der Waals surface area contributed by atoms with Crippen molar-refractivity contribution in [3.8, 4) is 0 Å². The van der Waals surface area contributed by atoms with Gasteiger partial charge in [0.1, 0.15) is 5.52 Å². The normalized spacial score (nSPS) is 10.9. The van der Waals surface area contributed by atoms with Crippen molar-refractivity contribution in [3.05, 3.63) is 52.0 Å². The fourth-order valence-electron chi connectivity index (χ4n) is 1.90. The summed E-state index contributed by atoms with van der Waals surface area (Å²) in [6.07, 6.45) is 1.99. The van der Waals surface area contributed by atoms with Gasteiger partial charge in [-0.1, -0.05) is 34.5 Å². The molecule has 0 atom stereocenters. The molecule has 0 spiro atoms. The van der Waals surface area contributed by atoms with Crippen LogP contribution in [0.25, 0.3) is 10.2 Å². The molecule has 0 aliphatic heterocycles. The molecule has 112 valence electrons. The number of fused-ring (bicyclic) bond motifs is 1. The van der Waals surface area contributed by atoms with Gasteiger partial charge in [0.2, 0.25) is 0 Å². The van der Waals surface area contributed by atoms with Gasteiger partial charge in [-0.3, -0.25) is 10.1 Å². The molecule has 0 radical (unpaired) electrons. The summed E-state index contributed by atoms with van der Waals surface area (Å²) in [5.41, 5.74) is 1.19. The summed E-state index contributed by atoms with van der Waals surface area (Å²) in [5.74, 6) is -0.200. The molecule has 1 N–H and O–H groups in total. The first kappa shape index (κ1) is 15.6. The van der Waals surface area contributed by atoms with Crippen LogP contribution in [0.3, 0.4) is 0 Å². The Kier molecular flexibility index (Phi) is 4.59. The van der Waals surface area contributed by atoms with Crippen LogP contribution < -0.4 is 5.32 Å². The molecule has 0 saturated carbocycles. The van der Waals surface area contributed by atoms with Crippen LogP contribution in [-0.4, -0.2) is 17.1 Å². The molecule has 0 unspecified atom stereocenters. The summed E-state index contributed by atoms with van der Waals surface area (Å²) >= 11 is 15.1. The van der Waals surface area contributed by atoms with E-state index in [-0.39, 0.29) is 5.91 Å². The third-order valence-corrected chi connectivity index (χ3v) is 5.50. The van der Waals surface area contributed by atoms with E-state index in [4.69, 9.17) is 23.2 Å². The van der Waals surface area contributed by atoms with E-state index in [1.807, 2.05) is 24.5 Å². The Labute approximate surface area is 145 Å². The topological polar surface area (TPSA) is 42.0 Å². The molecule has 1 aromatic heterocycles. The Bertz CT molecular complexity index is 847. The molecule has 1 amide bonds. The van der Waals surface area contributed by atoms with Gasteiger partial charge >= 0.3 is 0 Å². The second kappa shape index (κ2) is 6.46. The number of benzene rings is 2. The molecule has 0 aliphatic rings. The van der Waals surface area contributed by atoms with E-state index in [0.717, 1.165) is 9.60 Å². The summed E-state index contributed by atoms with van der Waals surface area (Å²) in [6, 6.07) is 11.0. The van der Waals surface area contributed by atoms with Crippen molar-refractivity contribution in [1.29, 1.82) is 0 Å². The monoisotopic (exact) mass is 368 g/mol. The van der Waals surface area contributed by atoms with Crippen LogP contribution in [0.15, 0.2) is 41.3 Å². The molecule has 3 aromatic rings. The van der Waals surface area contributed by atoms with Crippen molar-refractivity contribution in [2.75, 3.05) is 11.6 Å². The number of thiazole rings is 1. The maximum absolute atomic E-state index is 12.2. The van der Waals surface area contributed by atoms with Gasteiger partial charge in [0.15, 0.2) is 5.13 Å². The Morgan fingerprint density at radius 2 is 1.91 bits per heavy atom. The number of hydrogen-bond donors (Lipinski definition) is 1. The van der Waals surface area contributed by atoms with Crippen LogP contribution in [0, 0.1) is 0 Å². The van der Waals surface area contributed by atoms with E-state index in [1.165, 1.54) is 11.3 Å². The highest BCUT2D eigenvalue weighted by Crippen LogP contribution is 2.35. The Balaban J connectivity index is 1.85. The maximum Gasteiger partial charge on any atom is 0.257 e. The van der Waals surface area contributed by atoms with Crippen LogP contribution in [-0.2, 0) is 0 Å². The van der Waals surface area contributed by atoms with Crippen LogP contribution in [0.5, 0.6) is 0 Å². The van der Waals surface area contributed by atoms with Crippen LogP contribution in [0.4, 0.5) is 5.13 Å². The standard InChI is InChI=1S/C15H10Cl2N2OS2/c1-21-9-4-2-8(3-5-9)14(20)19-15-18-13-11(22-15)7-6-10(16)12(13)17/h2-7H,1H3,(H,18,19,20). The van der Waals surface area contributed by atoms with E-state index >= 15 is 0 Å². The number of carbonyl (C=O) groups excluding carboxylic acids is 1. The number of halogens is 2. The van der Waals surface area contributed by atoms with Gasteiger partial charge < -0.3 is 0 Å². The minimum Gasteiger partial charge on any atom is -0.298 e. The van der Waals surface area contributed by atoms with Gasteiger partial charge in [0.25, 0.3) is 5.91 Å². The third kappa shape index (κ3) is 3.08. The molecule has 2 aromatic carbocycles. The highest BCUT2D eigenvalue weighted by Gasteiger charge is 2.13. The van der Waals surface area contributed by atoms with Gasteiger partial charge in [-0.25, -0.2) is 4.98 Å². The van der Waals surface area contributed by atoms with Gasteiger partial charge in [-0.2, -0.15) is 0 Å². The number of rotatable bonds is 3. The zero-order valence-electron chi connectivity index (χ0n) is 11.4. The molecule has 3 rings (SSSR count). The fraction of sp³-hybridized carbons (Fsp3) is 0.0667. The number of anilines is 1. The molecular formula is C15H10Cl2N2OS2. The Morgan fingerprint density at radius 3 is 2.59 bits per heavy atom. The molecule has 0 saturated heterocycles. The molecule has 0 bridgehead atoms. The van der Waals surface area contributed by atoms with E-state index < -0.39 is 0 Å². The number of nitrogens with one attached hydrogen (secondary N) is 1. The number of hydrogen-bond acceptors (Lipinski definition) is 4. The zero-order chi connectivity index (χ0) is 15.7. The minimum atomic E-state index is -0.200. The molecular weight excluding hydrogens is 359 g/mol. The summed E-state index contributed by atoms with van der Waals surface area (Å²) in [7, 11) is 0. The second-order valence-corrected chi connectivity index (χ2v) is 7.11. The van der Waals surface area contributed by atoms with Gasteiger partial charge in [0.05, 0.1) is 14.7 Å². The summed E-state index contributed by atoms with van der Waals surface area (Å²) in [6.45, 7) is 0. The predicted molar refractivity (Wildman–Crippen MR) is 95.8 cm³/mol. The van der Waals surface area contributed by atoms with Crippen molar-refractivity contribution in [1.82, 2.24) is 4.98 Å². The minimum absolute atomic E-state index is 0.200. The Morgan fingerprint density at radius 1 is 1.18 bits per heavy atom. The van der Waals surface area contributed by atoms with Gasteiger partial charge in [-0.15, -0.1) is 11.8 Å². The largest absolute Gasteiger partial charge is 0.298 e. The molecule has 0 aliphatic carbocycles. The van der Waals surface area contributed by atoms with E-state index in [2.05, 4.69) is 10.3 Å².